The van der Waals surface area contributed by atoms with Gasteiger partial charge in [0.1, 0.15) is 5.75 Å². The Bertz CT molecular complexity index is 275. The van der Waals surface area contributed by atoms with E-state index in [2.05, 4.69) is 5.43 Å². The van der Waals surface area contributed by atoms with E-state index in [1.165, 1.54) is 0 Å². The zero-order valence-electron chi connectivity index (χ0n) is 8.23. The molecule has 1 aromatic rings. The van der Waals surface area contributed by atoms with Gasteiger partial charge in [-0.1, -0.05) is 12.1 Å². The normalized spacial score (nSPS) is 12.5. The molecule has 4 N–H and O–H groups in total. The molecule has 78 valence electrons. The van der Waals surface area contributed by atoms with Crippen LogP contribution < -0.4 is 16.0 Å². The molecule has 1 aromatic carbocycles. The van der Waals surface area contributed by atoms with E-state index in [0.717, 1.165) is 11.3 Å². The van der Waals surface area contributed by atoms with Gasteiger partial charge in [-0.2, -0.15) is 0 Å². The van der Waals surface area contributed by atoms with E-state index in [1.54, 1.807) is 0 Å². The Kier molecular flexibility index (Phi) is 4.39. The number of nitrogens with two attached hydrogens (primary N) is 1. The third kappa shape index (κ3) is 2.70. The molecule has 1 unspecified atom stereocenters. The van der Waals surface area contributed by atoms with Gasteiger partial charge in [0, 0.05) is 0 Å². The molecule has 0 fully saturated rings. The van der Waals surface area contributed by atoms with Crippen LogP contribution in [0.2, 0.25) is 0 Å². The third-order valence-corrected chi connectivity index (χ3v) is 1.96. The lowest BCUT2D eigenvalue weighted by atomic mass is 10.1. The molecular formula is C10H16N2O2. The largest absolute Gasteiger partial charge is 0.494 e. The van der Waals surface area contributed by atoms with Gasteiger partial charge in [0.2, 0.25) is 0 Å². The lowest BCUT2D eigenvalue weighted by Gasteiger charge is -2.14. The zero-order valence-corrected chi connectivity index (χ0v) is 8.23. The molecule has 0 heterocycles. The van der Waals surface area contributed by atoms with Crippen molar-refractivity contribution in [1.82, 2.24) is 5.43 Å². The van der Waals surface area contributed by atoms with Gasteiger partial charge in [0.25, 0.3) is 0 Å². The highest BCUT2D eigenvalue weighted by atomic mass is 16.5. The predicted molar refractivity (Wildman–Crippen MR) is 54.8 cm³/mol. The Labute approximate surface area is 83.7 Å². The van der Waals surface area contributed by atoms with Gasteiger partial charge in [-0.25, -0.2) is 0 Å². The van der Waals surface area contributed by atoms with Crippen molar-refractivity contribution in [2.75, 3.05) is 13.2 Å². The molecule has 1 rings (SSSR count). The number of hydrogen-bond acceptors (Lipinski definition) is 4. The van der Waals surface area contributed by atoms with Crippen LogP contribution in [0.4, 0.5) is 0 Å². The topological polar surface area (TPSA) is 67.5 Å². The minimum absolute atomic E-state index is 0.0356. The van der Waals surface area contributed by atoms with Gasteiger partial charge in [-0.05, 0) is 24.6 Å². The summed E-state index contributed by atoms with van der Waals surface area (Å²) >= 11 is 0. The maximum absolute atomic E-state index is 9.02. The second-order valence-electron chi connectivity index (χ2n) is 2.91. The van der Waals surface area contributed by atoms with Crippen LogP contribution >= 0.6 is 0 Å². The molecular weight excluding hydrogens is 180 g/mol. The predicted octanol–water partition coefficient (Wildman–Crippen LogP) is 0.582. The van der Waals surface area contributed by atoms with Gasteiger partial charge in [-0.3, -0.25) is 11.3 Å². The Balaban J connectivity index is 2.81. The smallest absolute Gasteiger partial charge is 0.119 e. The average Bonchev–Trinajstić information content (AvgIpc) is 2.21. The van der Waals surface area contributed by atoms with Crippen molar-refractivity contribution in [3.8, 4) is 5.75 Å². The Morgan fingerprint density at radius 3 is 2.93 bits per heavy atom. The van der Waals surface area contributed by atoms with E-state index < -0.39 is 0 Å². The van der Waals surface area contributed by atoms with E-state index >= 15 is 0 Å². The average molecular weight is 196 g/mol. The summed E-state index contributed by atoms with van der Waals surface area (Å²) in [6.45, 7) is 2.52. The Morgan fingerprint density at radius 1 is 1.57 bits per heavy atom. The number of nitrogens with one attached hydrogen (secondary N) is 1. The molecule has 0 saturated carbocycles. The highest BCUT2D eigenvalue weighted by Gasteiger charge is 2.08. The number of aliphatic hydroxyl groups excluding tert-OH is 1. The van der Waals surface area contributed by atoms with Crippen molar-refractivity contribution in [1.29, 1.82) is 0 Å². The molecule has 0 bridgehead atoms. The molecule has 1 atom stereocenters. The van der Waals surface area contributed by atoms with Crippen LogP contribution in [0.15, 0.2) is 24.3 Å². The molecule has 4 heteroatoms. The van der Waals surface area contributed by atoms with Crippen molar-refractivity contribution in [3.05, 3.63) is 29.8 Å². The van der Waals surface area contributed by atoms with Gasteiger partial charge < -0.3 is 9.84 Å². The lowest BCUT2D eigenvalue weighted by molar-refractivity contribution is 0.245. The molecule has 0 aliphatic heterocycles. The fourth-order valence-electron chi connectivity index (χ4n) is 1.24. The van der Waals surface area contributed by atoms with Crippen molar-refractivity contribution in [2.45, 2.75) is 13.0 Å². The summed E-state index contributed by atoms with van der Waals surface area (Å²) in [7, 11) is 0. The van der Waals surface area contributed by atoms with Gasteiger partial charge in [0.15, 0.2) is 0 Å². The molecule has 0 aromatic heterocycles. The second kappa shape index (κ2) is 5.59. The summed E-state index contributed by atoms with van der Waals surface area (Å²) in [5, 5.41) is 9.02. The fraction of sp³-hybridized carbons (Fsp3) is 0.400. The quantitative estimate of drug-likeness (QED) is 0.476. The molecule has 14 heavy (non-hydrogen) atoms. The first-order valence-corrected chi connectivity index (χ1v) is 4.61. The lowest BCUT2D eigenvalue weighted by Crippen LogP contribution is -2.30. The number of benzene rings is 1. The van der Waals surface area contributed by atoms with E-state index in [0.29, 0.717) is 6.61 Å². The summed E-state index contributed by atoms with van der Waals surface area (Å²) < 4.78 is 5.34. The van der Waals surface area contributed by atoms with E-state index in [1.807, 2.05) is 31.2 Å². The van der Waals surface area contributed by atoms with E-state index in [-0.39, 0.29) is 12.6 Å². The van der Waals surface area contributed by atoms with Crippen molar-refractivity contribution in [2.24, 2.45) is 5.84 Å². The molecule has 0 amide bonds. The first-order chi connectivity index (χ1) is 6.81. The van der Waals surface area contributed by atoms with Crippen molar-refractivity contribution in [3.63, 3.8) is 0 Å². The molecule has 0 aliphatic carbocycles. The maximum Gasteiger partial charge on any atom is 0.119 e. The van der Waals surface area contributed by atoms with Crippen LogP contribution in [0.25, 0.3) is 0 Å². The Hall–Kier alpha value is -1.10. The van der Waals surface area contributed by atoms with Crippen LogP contribution in [0.3, 0.4) is 0 Å². The van der Waals surface area contributed by atoms with Gasteiger partial charge in [0.05, 0.1) is 19.3 Å². The molecule has 0 aliphatic rings. The first kappa shape index (κ1) is 11.0. The highest BCUT2D eigenvalue weighted by molar-refractivity contribution is 5.30. The monoisotopic (exact) mass is 196 g/mol. The number of aliphatic hydroxyl groups is 1. The molecule has 0 radical (unpaired) electrons. The summed E-state index contributed by atoms with van der Waals surface area (Å²) in [4.78, 5) is 0. The molecule has 0 saturated heterocycles. The SMILES string of the molecule is CCOc1cccc(C(CO)NN)c1. The standard InChI is InChI=1S/C10H16N2O2/c1-2-14-9-5-3-4-8(6-9)10(7-13)12-11/h3-6,10,12-13H,2,7,11H2,1H3. The van der Waals surface area contributed by atoms with E-state index in [4.69, 9.17) is 15.7 Å². The molecule has 0 spiro atoms. The van der Waals surface area contributed by atoms with Gasteiger partial charge >= 0.3 is 0 Å². The van der Waals surface area contributed by atoms with Crippen LogP contribution in [0, 0.1) is 0 Å². The second-order valence-corrected chi connectivity index (χ2v) is 2.91. The number of hydrogen-bond donors (Lipinski definition) is 3. The van der Waals surface area contributed by atoms with Crippen LogP contribution in [-0.2, 0) is 0 Å². The summed E-state index contributed by atoms with van der Waals surface area (Å²) in [5.41, 5.74) is 3.45. The van der Waals surface area contributed by atoms with Crippen LogP contribution in [0.1, 0.15) is 18.5 Å². The number of rotatable bonds is 5. The van der Waals surface area contributed by atoms with Crippen LogP contribution in [0.5, 0.6) is 5.75 Å². The van der Waals surface area contributed by atoms with E-state index in [9.17, 15) is 0 Å². The maximum atomic E-state index is 9.02. The number of hydrazine groups is 1. The fourth-order valence-corrected chi connectivity index (χ4v) is 1.24. The first-order valence-electron chi connectivity index (χ1n) is 4.61. The van der Waals surface area contributed by atoms with Gasteiger partial charge in [-0.15, -0.1) is 0 Å². The third-order valence-electron chi connectivity index (χ3n) is 1.96. The zero-order chi connectivity index (χ0) is 10.4. The Morgan fingerprint density at radius 2 is 2.36 bits per heavy atom. The molecule has 4 nitrogen and oxygen atoms in total. The van der Waals surface area contributed by atoms with Crippen molar-refractivity contribution >= 4 is 0 Å². The summed E-state index contributed by atoms with van der Waals surface area (Å²) in [5.74, 6) is 6.08. The summed E-state index contributed by atoms with van der Waals surface area (Å²) in [6.07, 6.45) is 0. The minimum Gasteiger partial charge on any atom is -0.494 e. The minimum atomic E-state index is -0.240. The highest BCUT2D eigenvalue weighted by Crippen LogP contribution is 2.18. The van der Waals surface area contributed by atoms with Crippen molar-refractivity contribution < 1.29 is 9.84 Å². The van der Waals surface area contributed by atoms with Crippen LogP contribution in [-0.4, -0.2) is 18.3 Å². The summed E-state index contributed by atoms with van der Waals surface area (Å²) in [6, 6.07) is 7.27. The number of ether oxygens (including phenoxy) is 1.